The van der Waals surface area contributed by atoms with E-state index in [1.54, 1.807) is 0 Å². The summed E-state index contributed by atoms with van der Waals surface area (Å²) in [5, 5.41) is 18.8. The number of hydrogen-bond acceptors (Lipinski definition) is 4. The number of nitrogens with zero attached hydrogens (tertiary/aromatic N) is 2. The molecule has 6 nitrogen and oxygen atoms in total. The monoisotopic (exact) mass is 432 g/mol. The molecular weight excluding hydrogens is 404 g/mol. The smallest absolute Gasteiger partial charge is 0.317 e. The lowest BCUT2D eigenvalue weighted by molar-refractivity contribution is -0.139. The van der Waals surface area contributed by atoms with Gasteiger partial charge < -0.3 is 10.2 Å². The Morgan fingerprint density at radius 2 is 0.875 bits per heavy atom. The van der Waals surface area contributed by atoms with Gasteiger partial charge in [0.25, 0.3) is 0 Å². The van der Waals surface area contributed by atoms with Crippen molar-refractivity contribution in [2.75, 3.05) is 13.1 Å². The van der Waals surface area contributed by atoms with Crippen molar-refractivity contribution in [3.63, 3.8) is 0 Å². The Balaban J connectivity index is 1.78. The molecule has 0 unspecified atom stereocenters. The van der Waals surface area contributed by atoms with Crippen LogP contribution in [-0.4, -0.2) is 45.0 Å². The van der Waals surface area contributed by atoms with Gasteiger partial charge >= 0.3 is 11.9 Å². The van der Waals surface area contributed by atoms with E-state index in [9.17, 15) is 19.8 Å². The van der Waals surface area contributed by atoms with E-state index in [0.717, 1.165) is 22.3 Å². The fourth-order valence-electron chi connectivity index (χ4n) is 3.75. The molecule has 0 fully saturated rings. The van der Waals surface area contributed by atoms with Gasteiger partial charge in [-0.3, -0.25) is 19.4 Å². The first-order valence-corrected chi connectivity index (χ1v) is 10.5. The fourth-order valence-corrected chi connectivity index (χ4v) is 3.75. The highest BCUT2D eigenvalue weighted by Crippen LogP contribution is 2.18. The summed E-state index contributed by atoms with van der Waals surface area (Å²) in [6.07, 6.45) is 0. The third kappa shape index (κ3) is 7.65. The maximum atomic E-state index is 11.5. The molecule has 0 amide bonds. The van der Waals surface area contributed by atoms with Gasteiger partial charge in [-0.2, -0.15) is 0 Å². The summed E-state index contributed by atoms with van der Waals surface area (Å²) in [6.45, 7) is 1.81. The van der Waals surface area contributed by atoms with Crippen LogP contribution in [0.25, 0.3) is 0 Å². The van der Waals surface area contributed by atoms with Gasteiger partial charge in [0.2, 0.25) is 0 Å². The minimum Gasteiger partial charge on any atom is -0.480 e. The first-order valence-electron chi connectivity index (χ1n) is 10.5. The summed E-state index contributed by atoms with van der Waals surface area (Å²) in [5.74, 6) is -1.76. The van der Waals surface area contributed by atoms with Crippen LogP contribution in [0.3, 0.4) is 0 Å². The fraction of sp³-hybridized carbons (Fsp3) is 0.231. The molecule has 0 saturated carbocycles. The second-order valence-corrected chi connectivity index (χ2v) is 7.82. The van der Waals surface area contributed by atoms with Crippen molar-refractivity contribution in [2.24, 2.45) is 0 Å². The van der Waals surface area contributed by atoms with E-state index in [2.05, 4.69) is 0 Å². The Labute approximate surface area is 188 Å². The number of benzene rings is 3. The molecule has 2 N–H and O–H groups in total. The molecule has 0 aliphatic rings. The Morgan fingerprint density at radius 1 is 0.531 bits per heavy atom. The third-order valence-electron chi connectivity index (χ3n) is 5.12. The second kappa shape index (κ2) is 11.8. The van der Waals surface area contributed by atoms with Crippen LogP contribution in [0.15, 0.2) is 84.9 Å². The van der Waals surface area contributed by atoms with Crippen molar-refractivity contribution < 1.29 is 19.8 Å². The lowest BCUT2D eigenvalue weighted by atomic mass is 10.1. The van der Waals surface area contributed by atoms with Gasteiger partial charge in [0.1, 0.15) is 0 Å². The maximum absolute atomic E-state index is 11.5. The second-order valence-electron chi connectivity index (χ2n) is 7.82. The molecule has 6 heteroatoms. The number of hydrogen-bond donors (Lipinski definition) is 2. The molecule has 166 valence electrons. The van der Waals surface area contributed by atoms with Crippen molar-refractivity contribution in [1.82, 2.24) is 9.80 Å². The van der Waals surface area contributed by atoms with Gasteiger partial charge in [-0.05, 0) is 22.3 Å². The van der Waals surface area contributed by atoms with Crippen LogP contribution >= 0.6 is 0 Å². The van der Waals surface area contributed by atoms with Crippen molar-refractivity contribution in [1.29, 1.82) is 0 Å². The molecule has 3 aromatic rings. The third-order valence-corrected chi connectivity index (χ3v) is 5.12. The number of carboxylic acids is 2. The quantitative estimate of drug-likeness (QED) is 0.452. The van der Waals surface area contributed by atoms with Crippen molar-refractivity contribution in [3.05, 3.63) is 107 Å². The zero-order valence-electron chi connectivity index (χ0n) is 17.9. The van der Waals surface area contributed by atoms with Crippen molar-refractivity contribution in [2.45, 2.75) is 26.2 Å². The van der Waals surface area contributed by atoms with E-state index < -0.39 is 11.9 Å². The molecule has 0 atom stereocenters. The van der Waals surface area contributed by atoms with E-state index >= 15 is 0 Å². The summed E-state index contributed by atoms with van der Waals surface area (Å²) in [7, 11) is 0. The van der Waals surface area contributed by atoms with E-state index in [-0.39, 0.29) is 13.1 Å². The normalized spacial score (nSPS) is 11.1. The minimum absolute atomic E-state index is 0.0773. The Bertz CT molecular complexity index is 926. The van der Waals surface area contributed by atoms with E-state index in [1.165, 1.54) is 0 Å². The highest BCUT2D eigenvalue weighted by molar-refractivity contribution is 5.69. The molecule has 3 rings (SSSR count). The van der Waals surface area contributed by atoms with E-state index in [4.69, 9.17) is 0 Å². The molecule has 0 aliphatic carbocycles. The zero-order chi connectivity index (χ0) is 22.8. The average Bonchev–Trinajstić information content (AvgIpc) is 2.75. The van der Waals surface area contributed by atoms with Gasteiger partial charge in [-0.1, -0.05) is 84.9 Å². The highest BCUT2D eigenvalue weighted by atomic mass is 16.4. The van der Waals surface area contributed by atoms with Crippen LogP contribution in [0.4, 0.5) is 0 Å². The van der Waals surface area contributed by atoms with Crippen LogP contribution in [0.5, 0.6) is 0 Å². The average molecular weight is 433 g/mol. The molecule has 0 aromatic heterocycles. The number of rotatable bonds is 12. The molecule has 32 heavy (non-hydrogen) atoms. The molecule has 0 spiro atoms. The Morgan fingerprint density at radius 3 is 1.22 bits per heavy atom. The molecule has 0 saturated heterocycles. The zero-order valence-corrected chi connectivity index (χ0v) is 17.9. The number of carbonyl (C=O) groups is 2. The maximum Gasteiger partial charge on any atom is 0.317 e. The van der Waals surface area contributed by atoms with Crippen LogP contribution in [0, 0.1) is 0 Å². The van der Waals surface area contributed by atoms with Crippen LogP contribution in [0.2, 0.25) is 0 Å². The number of aliphatic carboxylic acids is 2. The van der Waals surface area contributed by atoms with E-state index in [0.29, 0.717) is 26.2 Å². The SMILES string of the molecule is O=C(O)CN(Cc1ccccc1)Cc1ccccc1CN(CC(=O)O)Cc1ccccc1. The van der Waals surface area contributed by atoms with Gasteiger partial charge in [-0.25, -0.2) is 0 Å². The van der Waals surface area contributed by atoms with Gasteiger partial charge in [0.15, 0.2) is 0 Å². The molecule has 0 bridgehead atoms. The highest BCUT2D eigenvalue weighted by Gasteiger charge is 2.16. The number of carboxylic acid groups (broad SMARTS) is 2. The van der Waals surface area contributed by atoms with Gasteiger partial charge in [0.05, 0.1) is 13.1 Å². The lowest BCUT2D eigenvalue weighted by Gasteiger charge is -2.25. The minimum atomic E-state index is -0.880. The topological polar surface area (TPSA) is 81.1 Å². The first kappa shape index (κ1) is 23.2. The molecule has 3 aromatic carbocycles. The molecule has 0 radical (unpaired) electrons. The van der Waals surface area contributed by atoms with Crippen LogP contribution in [-0.2, 0) is 35.8 Å². The van der Waals surface area contributed by atoms with E-state index in [1.807, 2.05) is 94.7 Å². The van der Waals surface area contributed by atoms with Crippen molar-refractivity contribution >= 4 is 11.9 Å². The van der Waals surface area contributed by atoms with Crippen LogP contribution in [0.1, 0.15) is 22.3 Å². The van der Waals surface area contributed by atoms with Gasteiger partial charge in [-0.15, -0.1) is 0 Å². The summed E-state index contributed by atoms with van der Waals surface area (Å²) in [5.41, 5.74) is 4.08. The predicted octanol–water partition coefficient (Wildman–Crippen LogP) is 3.86. The summed E-state index contributed by atoms with van der Waals surface area (Å²) in [6, 6.07) is 27.4. The largest absolute Gasteiger partial charge is 0.480 e. The van der Waals surface area contributed by atoms with Crippen molar-refractivity contribution in [3.8, 4) is 0 Å². The first-order chi connectivity index (χ1) is 15.5. The Kier molecular flexibility index (Phi) is 8.54. The van der Waals surface area contributed by atoms with Gasteiger partial charge in [0, 0.05) is 26.2 Å². The summed E-state index contributed by atoms with van der Waals surface area (Å²) < 4.78 is 0. The molecule has 0 aliphatic heterocycles. The molecule has 0 heterocycles. The van der Waals surface area contributed by atoms with Crippen LogP contribution < -0.4 is 0 Å². The summed E-state index contributed by atoms with van der Waals surface area (Å²) in [4.78, 5) is 26.7. The lowest BCUT2D eigenvalue weighted by Crippen LogP contribution is -2.31. The summed E-state index contributed by atoms with van der Waals surface area (Å²) >= 11 is 0. The predicted molar refractivity (Wildman–Crippen MR) is 123 cm³/mol. The standard InChI is InChI=1S/C26H28N2O4/c29-25(30)19-27(15-21-9-3-1-4-10-21)17-23-13-7-8-14-24(23)18-28(20-26(31)32)16-22-11-5-2-6-12-22/h1-14H,15-20H2,(H,29,30)(H,31,32). The Hall–Kier alpha value is -3.48. The molecular formula is C26H28N2O4.